The van der Waals surface area contributed by atoms with Crippen molar-refractivity contribution in [3.05, 3.63) is 35.5 Å². The minimum absolute atomic E-state index is 0.0220. The smallest absolute Gasteiger partial charge is 0.270 e. The molecule has 1 amide bonds. The van der Waals surface area contributed by atoms with Crippen LogP contribution in [0.3, 0.4) is 0 Å². The zero-order valence-electron chi connectivity index (χ0n) is 14.2. The molecular formula is C19H24N2O2. The van der Waals surface area contributed by atoms with Crippen LogP contribution in [-0.4, -0.2) is 41.6 Å². The molecule has 0 radical (unpaired) electrons. The molecule has 1 saturated heterocycles. The van der Waals surface area contributed by atoms with Crippen molar-refractivity contribution >= 4 is 16.8 Å². The van der Waals surface area contributed by atoms with E-state index in [2.05, 4.69) is 44.0 Å². The van der Waals surface area contributed by atoms with Gasteiger partial charge in [-0.15, -0.1) is 0 Å². The van der Waals surface area contributed by atoms with Gasteiger partial charge in [0.15, 0.2) is 0 Å². The van der Waals surface area contributed by atoms with Gasteiger partial charge in [-0.1, -0.05) is 26.0 Å². The molecule has 1 N–H and O–H groups in total. The van der Waals surface area contributed by atoms with Gasteiger partial charge in [0.25, 0.3) is 5.91 Å². The van der Waals surface area contributed by atoms with Gasteiger partial charge in [0.2, 0.25) is 0 Å². The van der Waals surface area contributed by atoms with Crippen LogP contribution in [0.5, 0.6) is 0 Å². The van der Waals surface area contributed by atoms with Gasteiger partial charge in [0, 0.05) is 41.9 Å². The number of aromatic amines is 1. The predicted octanol–water partition coefficient (Wildman–Crippen LogP) is 3.36. The van der Waals surface area contributed by atoms with E-state index in [4.69, 9.17) is 4.74 Å². The maximum Gasteiger partial charge on any atom is 0.270 e. The molecule has 0 spiro atoms. The Morgan fingerprint density at radius 1 is 1.35 bits per heavy atom. The molecule has 2 aliphatic rings. The molecule has 1 aliphatic heterocycles. The average Bonchev–Trinajstić information content (AvgIpc) is 3.10. The number of rotatable bonds is 2. The molecule has 122 valence electrons. The molecule has 4 rings (SSSR count). The van der Waals surface area contributed by atoms with E-state index >= 15 is 0 Å². The highest BCUT2D eigenvalue weighted by atomic mass is 16.5. The van der Waals surface area contributed by atoms with Gasteiger partial charge in [0.05, 0.1) is 6.10 Å². The van der Waals surface area contributed by atoms with Gasteiger partial charge in [-0.25, -0.2) is 0 Å². The number of aryl methyl sites for hydroxylation is 1. The van der Waals surface area contributed by atoms with Crippen molar-refractivity contribution in [2.75, 3.05) is 13.7 Å². The van der Waals surface area contributed by atoms with Crippen LogP contribution in [-0.2, 0) is 4.74 Å². The van der Waals surface area contributed by atoms with Crippen LogP contribution in [0.2, 0.25) is 0 Å². The Labute approximate surface area is 136 Å². The van der Waals surface area contributed by atoms with E-state index in [-0.39, 0.29) is 17.4 Å². The lowest BCUT2D eigenvalue weighted by atomic mass is 9.57. The Hall–Kier alpha value is -1.81. The Morgan fingerprint density at radius 3 is 2.91 bits per heavy atom. The first-order valence-electron chi connectivity index (χ1n) is 8.38. The fourth-order valence-electron chi connectivity index (χ4n) is 4.76. The molecule has 23 heavy (non-hydrogen) atoms. The number of aromatic nitrogens is 1. The Balaban J connectivity index is 1.62. The highest BCUT2D eigenvalue weighted by molar-refractivity contribution is 5.98. The number of nitrogens with one attached hydrogen (secondary N) is 1. The van der Waals surface area contributed by atoms with E-state index in [0.717, 1.165) is 23.9 Å². The average molecular weight is 312 g/mol. The Morgan fingerprint density at radius 2 is 2.13 bits per heavy atom. The van der Waals surface area contributed by atoms with E-state index in [1.807, 2.05) is 18.0 Å². The maximum absolute atomic E-state index is 13.0. The summed E-state index contributed by atoms with van der Waals surface area (Å²) in [5.41, 5.74) is 2.91. The number of benzene rings is 1. The van der Waals surface area contributed by atoms with Crippen molar-refractivity contribution in [1.29, 1.82) is 0 Å². The van der Waals surface area contributed by atoms with Crippen LogP contribution >= 0.6 is 0 Å². The molecule has 2 aromatic rings. The van der Waals surface area contributed by atoms with Crippen molar-refractivity contribution < 1.29 is 9.53 Å². The third-order valence-electron chi connectivity index (χ3n) is 5.78. The summed E-state index contributed by atoms with van der Waals surface area (Å²) in [6.07, 6.45) is 1.36. The lowest BCUT2D eigenvalue weighted by Gasteiger charge is -2.57. The zero-order valence-corrected chi connectivity index (χ0v) is 14.2. The van der Waals surface area contributed by atoms with Crippen molar-refractivity contribution in [3.63, 3.8) is 0 Å². The first kappa shape index (κ1) is 14.8. The van der Waals surface area contributed by atoms with Gasteiger partial charge < -0.3 is 14.6 Å². The van der Waals surface area contributed by atoms with Crippen molar-refractivity contribution in [3.8, 4) is 0 Å². The third-order valence-corrected chi connectivity index (χ3v) is 5.78. The zero-order chi connectivity index (χ0) is 16.4. The molecule has 1 aliphatic carbocycles. The van der Waals surface area contributed by atoms with Crippen LogP contribution in [0.25, 0.3) is 10.9 Å². The number of fused-ring (bicyclic) bond motifs is 2. The predicted molar refractivity (Wildman–Crippen MR) is 90.5 cm³/mol. The van der Waals surface area contributed by atoms with Crippen LogP contribution in [0.15, 0.2) is 24.3 Å². The highest BCUT2D eigenvalue weighted by Gasteiger charge is 2.61. The quantitative estimate of drug-likeness (QED) is 0.924. The number of ether oxygens (including phenoxy) is 1. The molecule has 1 aromatic carbocycles. The summed E-state index contributed by atoms with van der Waals surface area (Å²) in [6.45, 7) is 7.30. The summed E-state index contributed by atoms with van der Waals surface area (Å²) < 4.78 is 5.85. The summed E-state index contributed by atoms with van der Waals surface area (Å²) in [5, 5.41) is 1.09. The van der Waals surface area contributed by atoms with E-state index in [0.29, 0.717) is 17.7 Å². The molecule has 4 nitrogen and oxygen atoms in total. The monoisotopic (exact) mass is 312 g/mol. The van der Waals surface area contributed by atoms with Crippen molar-refractivity contribution in [2.24, 2.45) is 11.3 Å². The van der Waals surface area contributed by atoms with E-state index < -0.39 is 0 Å². The summed E-state index contributed by atoms with van der Waals surface area (Å²) >= 11 is 0. The third kappa shape index (κ3) is 2.04. The molecule has 2 heterocycles. The normalized spacial score (nSPS) is 28.4. The first-order chi connectivity index (χ1) is 10.9. The van der Waals surface area contributed by atoms with Crippen LogP contribution < -0.4 is 0 Å². The highest BCUT2D eigenvalue weighted by Crippen LogP contribution is 2.54. The van der Waals surface area contributed by atoms with Crippen molar-refractivity contribution in [1.82, 2.24) is 9.88 Å². The fraction of sp³-hybridized carbons (Fsp3) is 0.526. The van der Waals surface area contributed by atoms with Crippen LogP contribution in [0.1, 0.15) is 36.3 Å². The maximum atomic E-state index is 13.0. The number of amides is 1. The largest absolute Gasteiger partial charge is 0.377 e. The number of H-pyrrole nitrogens is 1. The minimum atomic E-state index is 0.0220. The molecule has 3 atom stereocenters. The van der Waals surface area contributed by atoms with Crippen molar-refractivity contribution in [2.45, 2.75) is 39.3 Å². The lowest BCUT2D eigenvalue weighted by Crippen LogP contribution is -2.66. The van der Waals surface area contributed by atoms with E-state index in [1.54, 1.807) is 0 Å². The molecule has 4 heteroatoms. The SMILES string of the molecule is Cc1ccc2cc(C(=O)N(C)[C@@H]3[C@@H]4CCO[C@H]4C3(C)C)[nH]c2c1. The Bertz CT molecular complexity index is 777. The summed E-state index contributed by atoms with van der Waals surface area (Å²) in [6, 6.07) is 8.42. The number of carbonyl (C=O) groups is 1. The van der Waals surface area contributed by atoms with Gasteiger partial charge >= 0.3 is 0 Å². The van der Waals surface area contributed by atoms with Gasteiger partial charge in [-0.2, -0.15) is 0 Å². The van der Waals surface area contributed by atoms with Crippen LogP contribution in [0.4, 0.5) is 0 Å². The lowest BCUT2D eigenvalue weighted by molar-refractivity contribution is -0.139. The molecule has 0 bridgehead atoms. The fourth-order valence-corrected chi connectivity index (χ4v) is 4.76. The van der Waals surface area contributed by atoms with Gasteiger partial charge in [0.1, 0.15) is 5.69 Å². The van der Waals surface area contributed by atoms with E-state index in [1.165, 1.54) is 5.56 Å². The summed E-state index contributed by atoms with van der Waals surface area (Å²) in [7, 11) is 1.93. The second-order valence-electron chi connectivity index (χ2n) is 7.70. The van der Waals surface area contributed by atoms with E-state index in [9.17, 15) is 4.79 Å². The second kappa shape index (κ2) is 4.84. The van der Waals surface area contributed by atoms with Gasteiger partial charge in [-0.05, 0) is 31.0 Å². The van der Waals surface area contributed by atoms with Crippen LogP contribution in [0, 0.1) is 18.3 Å². The number of hydrogen-bond acceptors (Lipinski definition) is 2. The number of hydrogen-bond donors (Lipinski definition) is 1. The molecule has 1 saturated carbocycles. The Kier molecular flexibility index (Phi) is 3.11. The van der Waals surface area contributed by atoms with Gasteiger partial charge in [-0.3, -0.25) is 4.79 Å². The molecular weight excluding hydrogens is 288 g/mol. The minimum Gasteiger partial charge on any atom is -0.377 e. The molecule has 1 aromatic heterocycles. The standard InChI is InChI=1S/C19H24N2O2/c1-11-5-6-12-10-15(20-14(12)9-11)18(22)21(4)16-13-7-8-23-17(13)19(16,2)3/h5-6,9-10,13,16-17,20H,7-8H2,1-4H3/t13-,16+,17+/m0/s1. The summed E-state index contributed by atoms with van der Waals surface area (Å²) in [5.74, 6) is 0.549. The summed E-state index contributed by atoms with van der Waals surface area (Å²) in [4.78, 5) is 18.2. The molecule has 2 fully saturated rings. The number of carbonyl (C=O) groups excluding carboxylic acids is 1. The molecule has 0 unspecified atom stereocenters. The topological polar surface area (TPSA) is 45.3 Å². The number of nitrogens with zero attached hydrogens (tertiary/aromatic N) is 1. The second-order valence-corrected chi connectivity index (χ2v) is 7.70. The first-order valence-corrected chi connectivity index (χ1v) is 8.38.